The first-order chi connectivity index (χ1) is 9.49. The minimum absolute atomic E-state index is 0.0784. The molecule has 0 saturated heterocycles. The Balaban J connectivity index is 2.16. The fraction of sp³-hybridized carbons (Fsp3) is 0.467. The molecule has 0 saturated carbocycles. The molecule has 0 aliphatic carbocycles. The summed E-state index contributed by atoms with van der Waals surface area (Å²) in [7, 11) is 0. The van der Waals surface area contributed by atoms with Crippen molar-refractivity contribution >= 4 is 11.3 Å². The van der Waals surface area contributed by atoms with E-state index in [1.165, 1.54) is 0 Å². The van der Waals surface area contributed by atoms with Crippen molar-refractivity contribution in [3.05, 3.63) is 29.3 Å². The van der Waals surface area contributed by atoms with Crippen molar-refractivity contribution in [2.24, 2.45) is 0 Å². The molecular weight excluding hydrogens is 270 g/mol. The second-order valence-electron chi connectivity index (χ2n) is 5.53. The van der Waals surface area contributed by atoms with E-state index in [4.69, 9.17) is 4.74 Å². The van der Waals surface area contributed by atoms with Crippen molar-refractivity contribution in [2.75, 3.05) is 6.61 Å². The molecule has 4 nitrogen and oxygen atoms in total. The van der Waals surface area contributed by atoms with Gasteiger partial charge in [-0.25, -0.2) is 0 Å². The summed E-state index contributed by atoms with van der Waals surface area (Å²) in [5.74, 6) is 0.862. The second-order valence-corrected chi connectivity index (χ2v) is 6.60. The summed E-state index contributed by atoms with van der Waals surface area (Å²) in [5.41, 5.74) is 1.09. The minimum Gasteiger partial charge on any atom is -0.493 e. The summed E-state index contributed by atoms with van der Waals surface area (Å²) in [6.07, 6.45) is 0. The maximum atomic E-state index is 5.64. The molecule has 0 aliphatic rings. The van der Waals surface area contributed by atoms with Crippen LogP contribution in [0.1, 0.15) is 32.7 Å². The fourth-order valence-corrected chi connectivity index (χ4v) is 2.51. The molecule has 0 radical (unpaired) electrons. The normalized spacial score (nSPS) is 11.6. The van der Waals surface area contributed by atoms with Crippen molar-refractivity contribution in [1.82, 2.24) is 15.5 Å². The van der Waals surface area contributed by atoms with Gasteiger partial charge in [-0.2, -0.15) is 0 Å². The molecule has 108 valence electrons. The molecule has 1 heterocycles. The molecule has 0 aliphatic heterocycles. The van der Waals surface area contributed by atoms with Gasteiger partial charge >= 0.3 is 0 Å². The molecule has 0 spiro atoms. The summed E-state index contributed by atoms with van der Waals surface area (Å²) >= 11 is 1.60. The highest BCUT2D eigenvalue weighted by Crippen LogP contribution is 2.31. The van der Waals surface area contributed by atoms with E-state index in [0.29, 0.717) is 6.61 Å². The summed E-state index contributed by atoms with van der Waals surface area (Å²) in [4.78, 5) is 0. The number of nitrogens with one attached hydrogen (secondary N) is 1. The summed E-state index contributed by atoms with van der Waals surface area (Å²) in [6.45, 7) is 9.78. The molecule has 0 atom stereocenters. The third kappa shape index (κ3) is 4.02. The van der Waals surface area contributed by atoms with Crippen LogP contribution in [-0.4, -0.2) is 22.3 Å². The quantitative estimate of drug-likeness (QED) is 0.916. The third-order valence-electron chi connectivity index (χ3n) is 2.65. The lowest BCUT2D eigenvalue weighted by molar-refractivity contribution is 0.341. The molecular formula is C15H21N3OS. The molecule has 0 amide bonds. The Morgan fingerprint density at radius 2 is 1.95 bits per heavy atom. The van der Waals surface area contributed by atoms with Crippen LogP contribution >= 0.6 is 11.3 Å². The van der Waals surface area contributed by atoms with Crippen LogP contribution in [0.25, 0.3) is 10.6 Å². The lowest BCUT2D eigenvalue weighted by Crippen LogP contribution is -2.35. The average molecular weight is 291 g/mol. The zero-order valence-electron chi connectivity index (χ0n) is 12.4. The van der Waals surface area contributed by atoms with Gasteiger partial charge in [-0.05, 0) is 39.8 Å². The molecule has 1 N–H and O–H groups in total. The number of para-hydroxylation sites is 1. The van der Waals surface area contributed by atoms with Gasteiger partial charge in [-0.3, -0.25) is 0 Å². The van der Waals surface area contributed by atoms with Crippen molar-refractivity contribution in [1.29, 1.82) is 0 Å². The molecule has 1 aromatic carbocycles. The number of rotatable bonds is 5. The van der Waals surface area contributed by atoms with E-state index in [9.17, 15) is 0 Å². The van der Waals surface area contributed by atoms with Crippen molar-refractivity contribution in [3.8, 4) is 16.3 Å². The highest BCUT2D eigenvalue weighted by molar-refractivity contribution is 7.14. The smallest absolute Gasteiger partial charge is 0.151 e. The number of hydrogen-bond acceptors (Lipinski definition) is 5. The van der Waals surface area contributed by atoms with Crippen LogP contribution in [0.2, 0.25) is 0 Å². The van der Waals surface area contributed by atoms with E-state index in [2.05, 4.69) is 36.3 Å². The third-order valence-corrected chi connectivity index (χ3v) is 3.61. The van der Waals surface area contributed by atoms with Crippen LogP contribution in [0.3, 0.4) is 0 Å². The first-order valence-electron chi connectivity index (χ1n) is 6.79. The Labute approximate surface area is 124 Å². The zero-order valence-corrected chi connectivity index (χ0v) is 13.3. The molecule has 0 fully saturated rings. The lowest BCUT2D eigenvalue weighted by atomic mass is 10.1. The second kappa shape index (κ2) is 6.33. The van der Waals surface area contributed by atoms with E-state index < -0.39 is 0 Å². The predicted molar refractivity (Wildman–Crippen MR) is 83.1 cm³/mol. The van der Waals surface area contributed by atoms with Crippen molar-refractivity contribution in [2.45, 2.75) is 39.8 Å². The number of nitrogens with zero attached hydrogens (tertiary/aromatic N) is 2. The number of ether oxygens (including phenoxy) is 1. The van der Waals surface area contributed by atoms with Crippen LogP contribution in [0.5, 0.6) is 5.75 Å². The van der Waals surface area contributed by atoms with Crippen LogP contribution < -0.4 is 10.1 Å². The lowest BCUT2D eigenvalue weighted by Gasteiger charge is -2.19. The fourth-order valence-electron chi connectivity index (χ4n) is 1.70. The van der Waals surface area contributed by atoms with E-state index in [1.54, 1.807) is 11.3 Å². The summed E-state index contributed by atoms with van der Waals surface area (Å²) in [5, 5.41) is 13.8. The van der Waals surface area contributed by atoms with Crippen molar-refractivity contribution < 1.29 is 4.74 Å². The topological polar surface area (TPSA) is 47.0 Å². The average Bonchev–Trinajstić information content (AvgIpc) is 2.85. The van der Waals surface area contributed by atoms with Crippen LogP contribution in [-0.2, 0) is 6.54 Å². The molecule has 0 bridgehead atoms. The van der Waals surface area contributed by atoms with Gasteiger partial charge in [0.05, 0.1) is 18.7 Å². The van der Waals surface area contributed by atoms with E-state index >= 15 is 0 Å². The first kappa shape index (κ1) is 14.9. The predicted octanol–water partition coefficient (Wildman–Crippen LogP) is 3.49. The highest BCUT2D eigenvalue weighted by atomic mass is 32.1. The monoisotopic (exact) mass is 291 g/mol. The van der Waals surface area contributed by atoms with Gasteiger partial charge in [0.25, 0.3) is 0 Å². The van der Waals surface area contributed by atoms with E-state index in [-0.39, 0.29) is 5.54 Å². The van der Waals surface area contributed by atoms with Gasteiger partial charge in [-0.15, -0.1) is 10.2 Å². The summed E-state index contributed by atoms with van der Waals surface area (Å²) in [6, 6.07) is 7.95. The van der Waals surface area contributed by atoms with Crippen LogP contribution in [0.4, 0.5) is 0 Å². The standard InChI is InChI=1S/C15H21N3OS/c1-5-19-12-9-7-6-8-11(12)14-18-17-13(20-14)10-16-15(2,3)4/h6-9,16H,5,10H2,1-4H3. The number of benzene rings is 1. The van der Waals surface area contributed by atoms with Gasteiger partial charge in [0.15, 0.2) is 5.01 Å². The van der Waals surface area contributed by atoms with Gasteiger partial charge in [-0.1, -0.05) is 23.5 Å². The maximum absolute atomic E-state index is 5.64. The molecule has 1 aromatic heterocycles. The van der Waals surface area contributed by atoms with Gasteiger partial charge in [0.1, 0.15) is 10.8 Å². The molecule has 2 aromatic rings. The Hall–Kier alpha value is -1.46. The van der Waals surface area contributed by atoms with Crippen LogP contribution in [0.15, 0.2) is 24.3 Å². The van der Waals surface area contributed by atoms with Gasteiger partial charge in [0.2, 0.25) is 0 Å². The Kier molecular flexibility index (Phi) is 4.73. The Morgan fingerprint density at radius 3 is 2.65 bits per heavy atom. The maximum Gasteiger partial charge on any atom is 0.151 e. The van der Waals surface area contributed by atoms with Crippen molar-refractivity contribution in [3.63, 3.8) is 0 Å². The SMILES string of the molecule is CCOc1ccccc1-c1nnc(CNC(C)(C)C)s1. The zero-order chi connectivity index (χ0) is 14.6. The van der Waals surface area contributed by atoms with Gasteiger partial charge < -0.3 is 10.1 Å². The molecule has 5 heteroatoms. The van der Waals surface area contributed by atoms with Crippen LogP contribution in [0, 0.1) is 0 Å². The van der Waals surface area contributed by atoms with E-state index in [0.717, 1.165) is 27.9 Å². The summed E-state index contributed by atoms with van der Waals surface area (Å²) < 4.78 is 5.64. The Morgan fingerprint density at radius 1 is 1.20 bits per heavy atom. The highest BCUT2D eigenvalue weighted by Gasteiger charge is 2.14. The molecule has 2 rings (SSSR count). The Bertz CT molecular complexity index is 560. The van der Waals surface area contributed by atoms with E-state index in [1.807, 2.05) is 31.2 Å². The van der Waals surface area contributed by atoms with Gasteiger partial charge in [0, 0.05) is 5.54 Å². The molecule has 20 heavy (non-hydrogen) atoms. The number of aromatic nitrogens is 2. The minimum atomic E-state index is 0.0784. The number of hydrogen-bond donors (Lipinski definition) is 1. The largest absolute Gasteiger partial charge is 0.493 e. The molecule has 0 unspecified atom stereocenters. The first-order valence-corrected chi connectivity index (χ1v) is 7.61.